The summed E-state index contributed by atoms with van der Waals surface area (Å²) in [6.45, 7) is 1.24. The molecule has 2 aliphatic rings. The molecule has 0 saturated heterocycles. The van der Waals surface area contributed by atoms with E-state index in [1.165, 1.54) is 24.0 Å². The molecule has 0 fully saturated rings. The Balaban J connectivity index is 1.55. The molecule has 2 atom stereocenters. The molecule has 1 aliphatic carbocycles. The quantitative estimate of drug-likeness (QED) is 0.0427. The molecule has 0 radical (unpaired) electrons. The zero-order valence-corrected chi connectivity index (χ0v) is 29.3. The van der Waals surface area contributed by atoms with Gasteiger partial charge in [0.05, 0.1) is 46.1 Å². The summed E-state index contributed by atoms with van der Waals surface area (Å²) in [5.74, 6) is -4.15. The predicted molar refractivity (Wildman–Crippen MR) is 184 cm³/mol. The molecule has 19 nitrogen and oxygen atoms in total. The lowest BCUT2D eigenvalue weighted by Gasteiger charge is -2.29. The van der Waals surface area contributed by atoms with Crippen molar-refractivity contribution in [3.05, 3.63) is 36.0 Å². The van der Waals surface area contributed by atoms with Crippen LogP contribution in [-0.2, 0) is 47.8 Å². The molecule has 1 unspecified atom stereocenters. The Bertz CT molecular complexity index is 1380. The molecule has 52 heavy (non-hydrogen) atoms. The number of aliphatic hydroxyl groups is 1. The van der Waals surface area contributed by atoms with Crippen LogP contribution < -0.4 is 37.6 Å². The molecule has 0 aromatic heterocycles. The van der Waals surface area contributed by atoms with Gasteiger partial charge in [-0.05, 0) is 31.4 Å². The molecule has 19 heteroatoms. The summed E-state index contributed by atoms with van der Waals surface area (Å²) in [4.78, 5) is 97.3. The fourth-order valence-corrected chi connectivity index (χ4v) is 4.72. The first-order valence-corrected chi connectivity index (χ1v) is 16.9. The molecule has 2 rings (SSSR count). The standard InChI is InChI=1S/C33H50N8O11/c1-33(50)11-7-31(48)41(33)14-9-26(43)36-13-16-52-18-17-51-15-10-27(44)37-20-29(46)38-22-30(47)40-24(19-23-5-3-2-4-6-23)32(49)39-21-28(45)35-12-8-25(34)42/h3,5-7,11,24,50H,2,4,8-10,12-22H2,1H3,(H2,34,42)(H,35,45)(H,36,43)(H,37,44)(H,38,46)(H,39,49)(H,40,47)/t24-,33?/m0/s1. The van der Waals surface area contributed by atoms with E-state index in [2.05, 4.69) is 31.9 Å². The van der Waals surface area contributed by atoms with E-state index in [0.29, 0.717) is 0 Å². The van der Waals surface area contributed by atoms with Gasteiger partial charge < -0.3 is 57.1 Å². The van der Waals surface area contributed by atoms with Gasteiger partial charge in [-0.3, -0.25) is 38.4 Å². The topological polar surface area (TPSA) is 277 Å². The Kier molecular flexibility index (Phi) is 19.3. The number of nitrogens with one attached hydrogen (secondary N) is 6. The van der Waals surface area contributed by atoms with E-state index in [-0.39, 0.29) is 90.1 Å². The van der Waals surface area contributed by atoms with Crippen molar-refractivity contribution < 1.29 is 52.9 Å². The second kappa shape index (κ2) is 23.4. The second-order valence-corrected chi connectivity index (χ2v) is 11.9. The van der Waals surface area contributed by atoms with Crippen molar-refractivity contribution in [2.24, 2.45) is 5.73 Å². The van der Waals surface area contributed by atoms with Crippen molar-refractivity contribution in [1.29, 1.82) is 0 Å². The van der Waals surface area contributed by atoms with Crippen molar-refractivity contribution in [2.75, 3.05) is 65.7 Å². The first-order chi connectivity index (χ1) is 24.8. The number of amides is 8. The van der Waals surface area contributed by atoms with Gasteiger partial charge in [0.1, 0.15) is 6.04 Å². The minimum atomic E-state index is -1.41. The number of rotatable bonds is 25. The Morgan fingerprint density at radius 1 is 0.788 bits per heavy atom. The minimum Gasteiger partial charge on any atom is -0.379 e. The zero-order valence-electron chi connectivity index (χ0n) is 29.3. The van der Waals surface area contributed by atoms with E-state index in [1.54, 1.807) is 0 Å². The largest absolute Gasteiger partial charge is 0.379 e. The first kappa shape index (κ1) is 43.0. The van der Waals surface area contributed by atoms with Crippen LogP contribution in [0.25, 0.3) is 0 Å². The number of hydrogen-bond donors (Lipinski definition) is 8. The summed E-state index contributed by atoms with van der Waals surface area (Å²) in [6, 6.07) is -1.04. The maximum Gasteiger partial charge on any atom is 0.248 e. The van der Waals surface area contributed by atoms with Gasteiger partial charge in [0.2, 0.25) is 47.3 Å². The van der Waals surface area contributed by atoms with Gasteiger partial charge in [0, 0.05) is 51.4 Å². The fraction of sp³-hybridized carbons (Fsp3) is 0.576. The van der Waals surface area contributed by atoms with Gasteiger partial charge >= 0.3 is 0 Å². The van der Waals surface area contributed by atoms with E-state index < -0.39 is 60.3 Å². The molecule has 1 aliphatic heterocycles. The van der Waals surface area contributed by atoms with E-state index in [4.69, 9.17) is 15.2 Å². The Hall–Kier alpha value is -5.14. The van der Waals surface area contributed by atoms with E-state index in [1.807, 2.05) is 18.2 Å². The van der Waals surface area contributed by atoms with Gasteiger partial charge in [-0.15, -0.1) is 0 Å². The van der Waals surface area contributed by atoms with Gasteiger partial charge in [0.15, 0.2) is 5.72 Å². The average Bonchev–Trinajstić information content (AvgIpc) is 3.37. The molecule has 0 bridgehead atoms. The molecular weight excluding hydrogens is 684 g/mol. The molecular formula is C33H50N8O11. The fourth-order valence-electron chi connectivity index (χ4n) is 4.72. The van der Waals surface area contributed by atoms with Crippen LogP contribution >= 0.6 is 0 Å². The summed E-state index contributed by atoms with van der Waals surface area (Å²) < 4.78 is 10.7. The number of nitrogens with zero attached hydrogens (tertiary/aromatic N) is 1. The van der Waals surface area contributed by atoms with Gasteiger partial charge in [-0.25, -0.2) is 0 Å². The Labute approximate surface area is 301 Å². The normalized spacial score (nSPS) is 16.8. The summed E-state index contributed by atoms with van der Waals surface area (Å²) in [7, 11) is 0. The number of carbonyl (C=O) groups excluding carboxylic acids is 8. The number of hydrogen-bond acceptors (Lipinski definition) is 11. The van der Waals surface area contributed by atoms with Crippen molar-refractivity contribution in [1.82, 2.24) is 36.8 Å². The number of nitrogens with two attached hydrogens (primary N) is 1. The van der Waals surface area contributed by atoms with Crippen molar-refractivity contribution in [3.8, 4) is 0 Å². The monoisotopic (exact) mass is 734 g/mol. The predicted octanol–water partition coefficient (Wildman–Crippen LogP) is -3.49. The van der Waals surface area contributed by atoms with Gasteiger partial charge in [-0.1, -0.05) is 18.2 Å². The van der Waals surface area contributed by atoms with Crippen molar-refractivity contribution >= 4 is 47.3 Å². The molecule has 9 N–H and O–H groups in total. The molecule has 0 aromatic rings. The molecule has 0 spiro atoms. The third-order valence-corrected chi connectivity index (χ3v) is 7.50. The van der Waals surface area contributed by atoms with Crippen LogP contribution in [0.1, 0.15) is 45.4 Å². The third kappa shape index (κ3) is 18.2. The molecule has 0 aromatic carbocycles. The number of ether oxygens (including phenoxy) is 2. The maximum atomic E-state index is 12.8. The summed E-state index contributed by atoms with van der Waals surface area (Å²) in [5, 5.41) is 25.0. The third-order valence-electron chi connectivity index (χ3n) is 7.50. The van der Waals surface area contributed by atoms with Crippen LogP contribution in [-0.4, -0.2) is 135 Å². The molecule has 288 valence electrons. The van der Waals surface area contributed by atoms with Crippen molar-refractivity contribution in [3.63, 3.8) is 0 Å². The number of carbonyl (C=O) groups is 8. The zero-order chi connectivity index (χ0) is 38.4. The van der Waals surface area contributed by atoms with Crippen LogP contribution in [0.15, 0.2) is 36.0 Å². The number of allylic oxidation sites excluding steroid dienone is 3. The van der Waals surface area contributed by atoms with Crippen LogP contribution in [0.5, 0.6) is 0 Å². The summed E-state index contributed by atoms with van der Waals surface area (Å²) in [5.41, 5.74) is 4.45. The maximum absolute atomic E-state index is 12.8. The van der Waals surface area contributed by atoms with Crippen LogP contribution in [0.3, 0.4) is 0 Å². The van der Waals surface area contributed by atoms with E-state index >= 15 is 0 Å². The molecule has 1 heterocycles. The second-order valence-electron chi connectivity index (χ2n) is 11.9. The highest BCUT2D eigenvalue weighted by Gasteiger charge is 2.34. The lowest BCUT2D eigenvalue weighted by atomic mass is 9.99. The van der Waals surface area contributed by atoms with Gasteiger partial charge in [0.25, 0.3) is 0 Å². The lowest BCUT2D eigenvalue weighted by molar-refractivity contribution is -0.140. The lowest BCUT2D eigenvalue weighted by Crippen LogP contribution is -2.51. The number of primary amides is 1. The summed E-state index contributed by atoms with van der Waals surface area (Å²) in [6.07, 6.45) is 10.1. The summed E-state index contributed by atoms with van der Waals surface area (Å²) >= 11 is 0. The highest BCUT2D eigenvalue weighted by atomic mass is 16.5. The smallest absolute Gasteiger partial charge is 0.248 e. The van der Waals surface area contributed by atoms with Crippen LogP contribution in [0.2, 0.25) is 0 Å². The van der Waals surface area contributed by atoms with Crippen molar-refractivity contribution in [2.45, 2.75) is 57.2 Å². The molecule has 8 amide bonds. The van der Waals surface area contributed by atoms with Gasteiger partial charge in [-0.2, -0.15) is 0 Å². The highest BCUT2D eigenvalue weighted by molar-refractivity contribution is 5.93. The minimum absolute atomic E-state index is 0.0234. The Morgan fingerprint density at radius 2 is 1.42 bits per heavy atom. The van der Waals surface area contributed by atoms with E-state index in [0.717, 1.165) is 18.4 Å². The first-order valence-electron chi connectivity index (χ1n) is 16.9. The SMILES string of the molecule is CC1(O)C=CC(=O)N1CCC(=O)NCCOCCOCCC(=O)NCC(=O)NCC(=O)N[C@@H](CC1=CCCC=C1)C(=O)NCC(=O)NCCC(N)=O. The highest BCUT2D eigenvalue weighted by Crippen LogP contribution is 2.20. The van der Waals surface area contributed by atoms with E-state index in [9.17, 15) is 43.5 Å². The van der Waals surface area contributed by atoms with Crippen LogP contribution in [0.4, 0.5) is 0 Å². The molecule has 0 saturated carbocycles. The Morgan fingerprint density at radius 3 is 2.10 bits per heavy atom. The average molecular weight is 735 g/mol. The van der Waals surface area contributed by atoms with Crippen LogP contribution in [0, 0.1) is 0 Å².